The average Bonchev–Trinajstić information content (AvgIpc) is 3.05. The summed E-state index contributed by atoms with van der Waals surface area (Å²) in [5.74, 6) is 6.29. The van der Waals surface area contributed by atoms with Crippen molar-refractivity contribution in [3.05, 3.63) is 11.6 Å². The molecule has 0 spiro atoms. The molecule has 0 heterocycles. The molecular formula is C29H50O. The van der Waals surface area contributed by atoms with Crippen molar-refractivity contribution in [2.24, 2.45) is 52.3 Å². The Balaban J connectivity index is 1.52. The van der Waals surface area contributed by atoms with Crippen molar-refractivity contribution in [1.82, 2.24) is 0 Å². The summed E-state index contributed by atoms with van der Waals surface area (Å²) in [5, 5.41) is 10.3. The minimum absolute atomic E-state index is 0.0803. The van der Waals surface area contributed by atoms with Crippen molar-refractivity contribution < 1.29 is 5.11 Å². The summed E-state index contributed by atoms with van der Waals surface area (Å²) in [4.78, 5) is 0. The predicted molar refractivity (Wildman–Crippen MR) is 128 cm³/mol. The lowest BCUT2D eigenvalue weighted by atomic mass is 9.46. The summed E-state index contributed by atoms with van der Waals surface area (Å²) in [6.45, 7) is 15.1. The van der Waals surface area contributed by atoms with Crippen LogP contribution < -0.4 is 0 Å². The number of aliphatic hydroxyl groups excluding tert-OH is 1. The molecule has 0 amide bonds. The standard InChI is InChI=1S/C29H50O/c1-7-21(9-8-19(2)3)20(4)25-12-13-26-24-11-10-22-18-23(30)14-16-28(22,5)27(24)15-17-29(25,26)6/h10,19-21,23-27,30H,7-9,11-18H2,1-6H3/t20-,21?,23+,24+,25-,26+,27+,28+,29-/m1/s1. The summed E-state index contributed by atoms with van der Waals surface area (Å²) in [5.41, 5.74) is 2.58. The van der Waals surface area contributed by atoms with E-state index in [9.17, 15) is 5.11 Å². The third-order valence-corrected chi connectivity index (χ3v) is 11.2. The van der Waals surface area contributed by atoms with Crippen molar-refractivity contribution in [3.8, 4) is 0 Å². The van der Waals surface area contributed by atoms with Crippen molar-refractivity contribution in [3.63, 3.8) is 0 Å². The van der Waals surface area contributed by atoms with Crippen LogP contribution in [0.15, 0.2) is 11.6 Å². The number of aliphatic hydroxyl groups is 1. The summed E-state index contributed by atoms with van der Waals surface area (Å²) >= 11 is 0. The van der Waals surface area contributed by atoms with Gasteiger partial charge in [0.2, 0.25) is 0 Å². The van der Waals surface area contributed by atoms with Crippen LogP contribution in [0.4, 0.5) is 0 Å². The van der Waals surface area contributed by atoms with E-state index in [1.165, 1.54) is 57.8 Å². The molecular weight excluding hydrogens is 364 g/mol. The zero-order valence-electron chi connectivity index (χ0n) is 20.9. The fourth-order valence-electron chi connectivity index (χ4n) is 9.26. The largest absolute Gasteiger partial charge is 0.393 e. The van der Waals surface area contributed by atoms with Gasteiger partial charge in [0.1, 0.15) is 0 Å². The summed E-state index contributed by atoms with van der Waals surface area (Å²) in [6, 6.07) is 0. The fraction of sp³-hybridized carbons (Fsp3) is 0.931. The zero-order valence-corrected chi connectivity index (χ0v) is 20.9. The smallest absolute Gasteiger partial charge is 0.0577 e. The van der Waals surface area contributed by atoms with Gasteiger partial charge in [-0.15, -0.1) is 0 Å². The van der Waals surface area contributed by atoms with Gasteiger partial charge in [-0.1, -0.05) is 66.0 Å². The molecule has 3 fully saturated rings. The van der Waals surface area contributed by atoms with Crippen molar-refractivity contribution in [2.75, 3.05) is 0 Å². The van der Waals surface area contributed by atoms with Gasteiger partial charge in [-0.25, -0.2) is 0 Å². The first-order valence-corrected chi connectivity index (χ1v) is 13.6. The Labute approximate surface area is 187 Å². The van der Waals surface area contributed by atoms with Crippen LogP contribution in [0.5, 0.6) is 0 Å². The minimum atomic E-state index is -0.0803. The Bertz CT molecular complexity index is 634. The molecule has 9 atom stereocenters. The molecule has 30 heavy (non-hydrogen) atoms. The second-order valence-corrected chi connectivity index (χ2v) is 12.9. The van der Waals surface area contributed by atoms with Gasteiger partial charge >= 0.3 is 0 Å². The molecule has 0 bridgehead atoms. The maximum atomic E-state index is 10.3. The average molecular weight is 415 g/mol. The van der Waals surface area contributed by atoms with Crippen LogP contribution in [0.2, 0.25) is 0 Å². The number of hydrogen-bond acceptors (Lipinski definition) is 1. The number of allylic oxidation sites excluding steroid dienone is 1. The second kappa shape index (κ2) is 8.57. The van der Waals surface area contributed by atoms with E-state index in [2.05, 4.69) is 47.6 Å². The van der Waals surface area contributed by atoms with Crippen molar-refractivity contribution >= 4 is 0 Å². The van der Waals surface area contributed by atoms with Gasteiger partial charge < -0.3 is 5.11 Å². The van der Waals surface area contributed by atoms with Crippen LogP contribution in [0, 0.1) is 52.3 Å². The first kappa shape index (κ1) is 22.9. The molecule has 1 N–H and O–H groups in total. The molecule has 0 aromatic heterocycles. The highest BCUT2D eigenvalue weighted by Gasteiger charge is 2.59. The maximum Gasteiger partial charge on any atom is 0.0577 e. The Hall–Kier alpha value is -0.300. The molecule has 1 unspecified atom stereocenters. The molecule has 0 saturated heterocycles. The lowest BCUT2D eigenvalue weighted by Crippen LogP contribution is -2.51. The highest BCUT2D eigenvalue weighted by molar-refractivity contribution is 5.25. The number of hydrogen-bond donors (Lipinski definition) is 1. The van der Waals surface area contributed by atoms with Gasteiger partial charge in [0.05, 0.1) is 6.10 Å². The van der Waals surface area contributed by atoms with Crippen molar-refractivity contribution in [2.45, 2.75) is 118 Å². The van der Waals surface area contributed by atoms with E-state index in [0.29, 0.717) is 10.8 Å². The van der Waals surface area contributed by atoms with Gasteiger partial charge in [0.25, 0.3) is 0 Å². The third-order valence-electron chi connectivity index (χ3n) is 11.2. The van der Waals surface area contributed by atoms with E-state index in [4.69, 9.17) is 0 Å². The Morgan fingerprint density at radius 1 is 1.00 bits per heavy atom. The van der Waals surface area contributed by atoms with Crippen LogP contribution in [0.3, 0.4) is 0 Å². The van der Waals surface area contributed by atoms with Crippen LogP contribution in [-0.4, -0.2) is 11.2 Å². The molecule has 172 valence electrons. The monoisotopic (exact) mass is 414 g/mol. The predicted octanol–water partition coefficient (Wildman–Crippen LogP) is 8.02. The van der Waals surface area contributed by atoms with E-state index in [0.717, 1.165) is 54.3 Å². The van der Waals surface area contributed by atoms with Crippen molar-refractivity contribution in [1.29, 1.82) is 0 Å². The van der Waals surface area contributed by atoms with Gasteiger partial charge in [-0.05, 0) is 110 Å². The van der Waals surface area contributed by atoms with E-state index in [1.54, 1.807) is 5.57 Å². The number of rotatable bonds is 6. The maximum absolute atomic E-state index is 10.3. The van der Waals surface area contributed by atoms with Crippen LogP contribution >= 0.6 is 0 Å². The molecule has 0 aromatic rings. The molecule has 1 heteroatoms. The van der Waals surface area contributed by atoms with Crippen LogP contribution in [-0.2, 0) is 0 Å². The summed E-state index contributed by atoms with van der Waals surface area (Å²) in [7, 11) is 0. The molecule has 0 aromatic carbocycles. The first-order valence-electron chi connectivity index (χ1n) is 13.6. The van der Waals surface area contributed by atoms with E-state index >= 15 is 0 Å². The van der Waals surface area contributed by atoms with E-state index < -0.39 is 0 Å². The molecule has 3 saturated carbocycles. The van der Waals surface area contributed by atoms with E-state index in [1.807, 2.05) is 0 Å². The molecule has 4 rings (SSSR count). The molecule has 4 aliphatic carbocycles. The SMILES string of the molecule is CCC(CCC(C)C)[C@@H](C)[C@H]1CC[C@H]2[C@@H]3CC=C4C[C@@H](O)CC[C@]4(C)[C@H]3CC[C@]12C. The molecule has 0 aliphatic heterocycles. The quantitative estimate of drug-likeness (QED) is 0.436. The highest BCUT2D eigenvalue weighted by atomic mass is 16.3. The second-order valence-electron chi connectivity index (χ2n) is 12.9. The fourth-order valence-corrected chi connectivity index (χ4v) is 9.26. The third kappa shape index (κ3) is 3.74. The zero-order chi connectivity index (χ0) is 21.7. The van der Waals surface area contributed by atoms with E-state index in [-0.39, 0.29) is 6.10 Å². The minimum Gasteiger partial charge on any atom is -0.393 e. The Morgan fingerprint density at radius 3 is 2.47 bits per heavy atom. The normalized spacial score (nSPS) is 45.3. The summed E-state index contributed by atoms with van der Waals surface area (Å²) < 4.78 is 0. The van der Waals surface area contributed by atoms with Gasteiger partial charge in [-0.3, -0.25) is 0 Å². The Kier molecular flexibility index (Phi) is 6.53. The number of fused-ring (bicyclic) bond motifs is 5. The topological polar surface area (TPSA) is 20.2 Å². The molecule has 0 radical (unpaired) electrons. The highest BCUT2D eigenvalue weighted by Crippen LogP contribution is 2.67. The molecule has 1 nitrogen and oxygen atoms in total. The van der Waals surface area contributed by atoms with Gasteiger partial charge in [0.15, 0.2) is 0 Å². The van der Waals surface area contributed by atoms with Crippen LogP contribution in [0.25, 0.3) is 0 Å². The first-order chi connectivity index (χ1) is 14.2. The Morgan fingerprint density at radius 2 is 1.77 bits per heavy atom. The van der Waals surface area contributed by atoms with Gasteiger partial charge in [0, 0.05) is 0 Å². The lowest BCUT2D eigenvalue weighted by molar-refractivity contribution is -0.0612. The summed E-state index contributed by atoms with van der Waals surface area (Å²) in [6.07, 6.45) is 17.1. The molecule has 4 aliphatic rings. The lowest BCUT2D eigenvalue weighted by Gasteiger charge is -2.58. The van der Waals surface area contributed by atoms with Gasteiger partial charge in [-0.2, -0.15) is 0 Å². The van der Waals surface area contributed by atoms with Crippen LogP contribution in [0.1, 0.15) is 112 Å².